The van der Waals surface area contributed by atoms with Gasteiger partial charge in [0.2, 0.25) is 23.3 Å². The van der Waals surface area contributed by atoms with E-state index in [0.29, 0.717) is 29.0 Å². The van der Waals surface area contributed by atoms with Crippen LogP contribution in [0.4, 0.5) is 17.1 Å². The van der Waals surface area contributed by atoms with E-state index in [4.69, 9.17) is 0 Å². The van der Waals surface area contributed by atoms with Crippen LogP contribution in [0.5, 0.6) is 0 Å². The Labute approximate surface area is 233 Å². The molecule has 0 radical (unpaired) electrons. The molecule has 3 aromatic rings. The van der Waals surface area contributed by atoms with E-state index < -0.39 is 17.4 Å². The van der Waals surface area contributed by atoms with Crippen LogP contribution in [-0.4, -0.2) is 36.2 Å². The van der Waals surface area contributed by atoms with Crippen molar-refractivity contribution in [2.45, 2.75) is 38.8 Å². The molecule has 1 spiro atoms. The highest BCUT2D eigenvalue weighted by Crippen LogP contribution is 2.52. The van der Waals surface area contributed by atoms with E-state index in [1.807, 2.05) is 66.8 Å². The second-order valence-electron chi connectivity index (χ2n) is 11.5. The van der Waals surface area contributed by atoms with Crippen LogP contribution in [0.15, 0.2) is 78.9 Å². The zero-order valence-corrected chi connectivity index (χ0v) is 22.8. The van der Waals surface area contributed by atoms with Gasteiger partial charge in [0, 0.05) is 17.7 Å². The van der Waals surface area contributed by atoms with Gasteiger partial charge in [-0.1, -0.05) is 67.9 Å². The number of nitrogens with one attached hydrogen (secondary N) is 1. The number of rotatable bonds is 6. The van der Waals surface area contributed by atoms with Crippen molar-refractivity contribution >= 4 is 40.7 Å². The van der Waals surface area contributed by atoms with Crippen LogP contribution in [0.25, 0.3) is 0 Å². The highest BCUT2D eigenvalue weighted by atomic mass is 16.2. The van der Waals surface area contributed by atoms with Gasteiger partial charge in [-0.25, -0.2) is 4.90 Å². The standard InChI is InChI=1S/C32H32N4O4/c1-19(2)17-24-27-28(30(39)36(29(27)38)22-9-5-4-6-10-22)32(34-24)23-11-7-8-12-25(23)35(31(32)40)18-26(37)33-21-15-13-20(3)14-16-21/h4-16,19,24,27-28,34H,17-18H2,1-3H3,(H,33,37)/p+1/t24-,27+,28+,32+/m0/s1. The van der Waals surface area contributed by atoms with E-state index >= 15 is 0 Å². The van der Waals surface area contributed by atoms with Crippen LogP contribution in [0.2, 0.25) is 0 Å². The lowest BCUT2D eigenvalue weighted by Gasteiger charge is -2.27. The van der Waals surface area contributed by atoms with Crippen molar-refractivity contribution in [1.82, 2.24) is 0 Å². The number of imide groups is 1. The molecule has 6 rings (SSSR count). The summed E-state index contributed by atoms with van der Waals surface area (Å²) in [5.41, 5.74) is 2.20. The number of quaternary nitrogens is 1. The third kappa shape index (κ3) is 3.93. The van der Waals surface area contributed by atoms with E-state index in [2.05, 4.69) is 19.2 Å². The fourth-order valence-corrected chi connectivity index (χ4v) is 6.84. The Morgan fingerprint density at radius 3 is 2.30 bits per heavy atom. The number of nitrogens with two attached hydrogens (primary N) is 1. The number of anilines is 3. The molecule has 0 aliphatic carbocycles. The Morgan fingerprint density at radius 1 is 0.925 bits per heavy atom. The minimum atomic E-state index is -1.32. The summed E-state index contributed by atoms with van der Waals surface area (Å²) in [7, 11) is 0. The topological polar surface area (TPSA) is 103 Å². The molecular weight excluding hydrogens is 504 g/mol. The van der Waals surface area contributed by atoms with Crippen LogP contribution >= 0.6 is 0 Å². The van der Waals surface area contributed by atoms with Crippen LogP contribution in [0.1, 0.15) is 31.4 Å². The van der Waals surface area contributed by atoms with E-state index in [0.717, 1.165) is 5.56 Å². The number of fused-ring (bicyclic) bond motifs is 4. The fraction of sp³-hybridized carbons (Fsp3) is 0.312. The molecule has 4 amide bonds. The summed E-state index contributed by atoms with van der Waals surface area (Å²) >= 11 is 0. The van der Waals surface area contributed by atoms with Gasteiger partial charge in [0.25, 0.3) is 5.91 Å². The summed E-state index contributed by atoms with van der Waals surface area (Å²) in [6.45, 7) is 5.93. The zero-order chi connectivity index (χ0) is 28.2. The number of amides is 4. The second kappa shape index (κ2) is 9.71. The first-order chi connectivity index (χ1) is 19.2. The van der Waals surface area contributed by atoms with Gasteiger partial charge >= 0.3 is 0 Å². The molecule has 204 valence electrons. The van der Waals surface area contributed by atoms with Gasteiger partial charge in [0.1, 0.15) is 24.4 Å². The van der Waals surface area contributed by atoms with Crippen molar-refractivity contribution in [2.24, 2.45) is 17.8 Å². The molecule has 40 heavy (non-hydrogen) atoms. The number of carbonyl (C=O) groups excluding carboxylic acids is 4. The number of nitrogens with zero attached hydrogens (tertiary/aromatic N) is 2. The van der Waals surface area contributed by atoms with Crippen molar-refractivity contribution in [3.8, 4) is 0 Å². The predicted octanol–water partition coefficient (Wildman–Crippen LogP) is 2.97. The van der Waals surface area contributed by atoms with Gasteiger partial charge in [-0.2, -0.15) is 0 Å². The maximum absolute atomic E-state index is 14.5. The Morgan fingerprint density at radius 2 is 1.60 bits per heavy atom. The van der Waals surface area contributed by atoms with Gasteiger partial charge in [-0.15, -0.1) is 0 Å². The molecule has 2 saturated heterocycles. The minimum Gasteiger partial charge on any atom is -0.326 e. The Hall–Kier alpha value is -4.30. The summed E-state index contributed by atoms with van der Waals surface area (Å²) in [6, 6.07) is 23.5. The molecule has 3 aliphatic heterocycles. The number of carbonyl (C=O) groups is 4. The van der Waals surface area contributed by atoms with Crippen molar-refractivity contribution in [1.29, 1.82) is 0 Å². The first-order valence-electron chi connectivity index (χ1n) is 13.8. The Balaban J connectivity index is 1.40. The monoisotopic (exact) mass is 537 g/mol. The van der Waals surface area contributed by atoms with Gasteiger partial charge < -0.3 is 10.6 Å². The molecule has 3 aromatic carbocycles. The molecule has 3 aliphatic rings. The quantitative estimate of drug-likeness (QED) is 0.472. The molecule has 0 saturated carbocycles. The summed E-state index contributed by atoms with van der Waals surface area (Å²) in [5, 5.41) is 4.84. The highest BCUT2D eigenvalue weighted by Gasteiger charge is 2.75. The van der Waals surface area contributed by atoms with Crippen molar-refractivity contribution in [3.05, 3.63) is 90.0 Å². The zero-order valence-electron chi connectivity index (χ0n) is 22.8. The van der Waals surface area contributed by atoms with E-state index in [1.54, 1.807) is 24.3 Å². The van der Waals surface area contributed by atoms with Crippen molar-refractivity contribution in [2.75, 3.05) is 21.7 Å². The van der Waals surface area contributed by atoms with Gasteiger partial charge in [-0.3, -0.25) is 24.1 Å². The summed E-state index contributed by atoms with van der Waals surface area (Å²) in [6.07, 6.45) is 0.675. The van der Waals surface area contributed by atoms with E-state index in [-0.39, 0.29) is 42.1 Å². The molecule has 8 heteroatoms. The lowest BCUT2D eigenvalue weighted by Crippen LogP contribution is -2.99. The lowest BCUT2D eigenvalue weighted by molar-refractivity contribution is -0.734. The normalized spacial score (nSPS) is 25.2. The van der Waals surface area contributed by atoms with E-state index in [1.165, 1.54) is 9.80 Å². The molecule has 3 N–H and O–H groups in total. The Bertz CT molecular complexity index is 1500. The molecule has 0 unspecified atom stereocenters. The SMILES string of the molecule is Cc1ccc(NC(=O)CN2C(=O)[C@@]3([NH2+][C@@H](CC(C)C)[C@H]4C(=O)N(c5ccccc5)C(=O)[C@@H]43)c3ccccc32)cc1. The first-order valence-corrected chi connectivity index (χ1v) is 13.8. The molecule has 2 fully saturated rings. The maximum atomic E-state index is 14.5. The van der Waals surface area contributed by atoms with Gasteiger partial charge in [0.15, 0.2) is 0 Å². The molecule has 4 atom stereocenters. The van der Waals surface area contributed by atoms with Crippen LogP contribution in [0, 0.1) is 24.7 Å². The molecule has 3 heterocycles. The summed E-state index contributed by atoms with van der Waals surface area (Å²) < 4.78 is 0. The fourth-order valence-electron chi connectivity index (χ4n) is 6.84. The second-order valence-corrected chi connectivity index (χ2v) is 11.5. The summed E-state index contributed by atoms with van der Waals surface area (Å²) in [4.78, 5) is 58.5. The Kier molecular flexibility index (Phi) is 6.30. The molecule has 0 aromatic heterocycles. The molecule has 0 bridgehead atoms. The van der Waals surface area contributed by atoms with Crippen LogP contribution < -0.4 is 20.4 Å². The third-order valence-electron chi connectivity index (χ3n) is 8.41. The van der Waals surface area contributed by atoms with Crippen LogP contribution in [-0.2, 0) is 24.7 Å². The average Bonchev–Trinajstić information content (AvgIpc) is 3.49. The molecule has 8 nitrogen and oxygen atoms in total. The third-order valence-corrected chi connectivity index (χ3v) is 8.41. The first kappa shape index (κ1) is 26.0. The molecular formula is C32H33N4O4+. The lowest BCUT2D eigenvalue weighted by atomic mass is 9.76. The maximum Gasteiger partial charge on any atom is 0.294 e. The van der Waals surface area contributed by atoms with E-state index in [9.17, 15) is 19.2 Å². The minimum absolute atomic E-state index is 0.198. The smallest absolute Gasteiger partial charge is 0.294 e. The highest BCUT2D eigenvalue weighted by molar-refractivity contribution is 6.25. The number of hydrogen-bond acceptors (Lipinski definition) is 4. The van der Waals surface area contributed by atoms with Gasteiger partial charge in [-0.05, 0) is 43.2 Å². The van der Waals surface area contributed by atoms with Gasteiger partial charge in [0.05, 0.1) is 11.4 Å². The number of aryl methyl sites for hydroxylation is 1. The number of para-hydroxylation sites is 2. The largest absolute Gasteiger partial charge is 0.326 e. The number of hydrogen-bond donors (Lipinski definition) is 2. The van der Waals surface area contributed by atoms with Crippen molar-refractivity contribution in [3.63, 3.8) is 0 Å². The van der Waals surface area contributed by atoms with Crippen LogP contribution in [0.3, 0.4) is 0 Å². The predicted molar refractivity (Wildman–Crippen MR) is 151 cm³/mol. The van der Waals surface area contributed by atoms with Crippen molar-refractivity contribution < 1.29 is 24.5 Å². The number of benzene rings is 3. The average molecular weight is 538 g/mol. The summed E-state index contributed by atoms with van der Waals surface area (Å²) in [5.74, 6) is -2.55.